The number of fused-ring (bicyclic) bond motifs is 1. The Labute approximate surface area is 185 Å². The van der Waals surface area contributed by atoms with Gasteiger partial charge >= 0.3 is 0 Å². The molecule has 0 radical (unpaired) electrons. The Morgan fingerprint density at radius 3 is 2.64 bits per heavy atom. The molecule has 8 heteroatoms. The molecule has 1 fully saturated rings. The monoisotopic (exact) mass is 504 g/mol. The van der Waals surface area contributed by atoms with Crippen molar-refractivity contribution in [2.75, 3.05) is 64.5 Å². The summed E-state index contributed by atoms with van der Waals surface area (Å²) in [6.07, 6.45) is 3.15. The largest absolute Gasteiger partial charge is 0.490 e. The number of hydrogen-bond donors (Lipinski definition) is 2. The Balaban J connectivity index is 0.00000280. The highest BCUT2D eigenvalue weighted by atomic mass is 127. The van der Waals surface area contributed by atoms with E-state index in [-0.39, 0.29) is 24.0 Å². The van der Waals surface area contributed by atoms with Crippen LogP contribution in [0.2, 0.25) is 0 Å². The van der Waals surface area contributed by atoms with E-state index in [0.717, 1.165) is 88.3 Å². The molecule has 0 spiro atoms. The summed E-state index contributed by atoms with van der Waals surface area (Å²) >= 11 is 0. The zero-order chi connectivity index (χ0) is 18.7. The fraction of sp³-hybridized carbons (Fsp3) is 0.650. The van der Waals surface area contributed by atoms with E-state index in [0.29, 0.717) is 13.2 Å². The van der Waals surface area contributed by atoms with Crippen LogP contribution in [0.1, 0.15) is 26.2 Å². The summed E-state index contributed by atoms with van der Waals surface area (Å²) in [6, 6.07) is 5.93. The van der Waals surface area contributed by atoms with Gasteiger partial charge in [-0.2, -0.15) is 0 Å². The van der Waals surface area contributed by atoms with Gasteiger partial charge in [0.1, 0.15) is 0 Å². The molecule has 3 rings (SSSR count). The molecule has 0 saturated carbocycles. The van der Waals surface area contributed by atoms with Crippen molar-refractivity contribution in [1.82, 2.24) is 10.2 Å². The molecule has 1 aromatic carbocycles. The number of rotatable bonds is 7. The van der Waals surface area contributed by atoms with Crippen molar-refractivity contribution in [2.24, 2.45) is 4.99 Å². The molecule has 2 N–H and O–H groups in total. The second kappa shape index (κ2) is 13.1. The minimum atomic E-state index is 0. The molecule has 2 aliphatic rings. The topological polar surface area (TPSA) is 67.4 Å². The van der Waals surface area contributed by atoms with Gasteiger partial charge in [0, 0.05) is 44.4 Å². The zero-order valence-corrected chi connectivity index (χ0v) is 19.1. The number of unbranched alkanes of at least 4 members (excludes halogenated alkanes) is 1. The zero-order valence-electron chi connectivity index (χ0n) is 16.7. The molecule has 1 saturated heterocycles. The predicted octanol–water partition coefficient (Wildman–Crippen LogP) is 2.96. The van der Waals surface area contributed by atoms with Crippen LogP contribution in [-0.2, 0) is 4.74 Å². The minimum Gasteiger partial charge on any atom is -0.490 e. The first kappa shape index (κ1) is 23.0. The normalized spacial score (nSPS) is 17.4. The number of halogens is 1. The van der Waals surface area contributed by atoms with E-state index in [9.17, 15) is 0 Å². The lowest BCUT2D eigenvalue weighted by Crippen LogP contribution is -2.36. The lowest BCUT2D eigenvalue weighted by molar-refractivity contribution is 0.0373. The number of ether oxygens (including phenoxy) is 3. The quantitative estimate of drug-likeness (QED) is 0.258. The van der Waals surface area contributed by atoms with Crippen molar-refractivity contribution < 1.29 is 14.2 Å². The molecule has 0 atom stereocenters. The van der Waals surface area contributed by atoms with Gasteiger partial charge < -0.3 is 24.8 Å². The van der Waals surface area contributed by atoms with E-state index >= 15 is 0 Å². The maximum atomic E-state index is 5.76. The second-order valence-electron chi connectivity index (χ2n) is 6.76. The van der Waals surface area contributed by atoms with Gasteiger partial charge in [-0.15, -0.1) is 24.0 Å². The fourth-order valence-corrected chi connectivity index (χ4v) is 3.15. The molecular formula is C20H33IN4O3. The first-order valence-corrected chi connectivity index (χ1v) is 10.1. The molecule has 2 heterocycles. The molecule has 7 nitrogen and oxygen atoms in total. The molecule has 0 bridgehead atoms. The van der Waals surface area contributed by atoms with Gasteiger partial charge in [-0.25, -0.2) is 0 Å². The maximum Gasteiger partial charge on any atom is 0.195 e. The van der Waals surface area contributed by atoms with Gasteiger partial charge in [0.2, 0.25) is 0 Å². The van der Waals surface area contributed by atoms with Crippen LogP contribution in [0, 0.1) is 0 Å². The third kappa shape index (κ3) is 7.63. The number of morpholine rings is 1. The average molecular weight is 504 g/mol. The highest BCUT2D eigenvalue weighted by molar-refractivity contribution is 14.0. The van der Waals surface area contributed by atoms with E-state index in [1.54, 1.807) is 0 Å². The minimum absolute atomic E-state index is 0. The van der Waals surface area contributed by atoms with Crippen molar-refractivity contribution in [3.05, 3.63) is 18.2 Å². The van der Waals surface area contributed by atoms with Crippen LogP contribution in [-0.4, -0.2) is 70.0 Å². The molecule has 2 aliphatic heterocycles. The summed E-state index contributed by atoms with van der Waals surface area (Å²) in [5.74, 6) is 2.40. The number of benzene rings is 1. The van der Waals surface area contributed by atoms with Crippen molar-refractivity contribution in [3.8, 4) is 11.5 Å². The summed E-state index contributed by atoms with van der Waals surface area (Å²) in [7, 11) is 0. The number of anilines is 1. The van der Waals surface area contributed by atoms with Gasteiger partial charge in [0.05, 0.1) is 26.4 Å². The third-order valence-electron chi connectivity index (χ3n) is 4.61. The first-order valence-electron chi connectivity index (χ1n) is 10.1. The number of guanidine groups is 1. The van der Waals surface area contributed by atoms with Crippen LogP contribution in [0.4, 0.5) is 5.69 Å². The lowest BCUT2D eigenvalue weighted by atomic mass is 10.2. The highest BCUT2D eigenvalue weighted by Gasteiger charge is 2.11. The van der Waals surface area contributed by atoms with Crippen LogP contribution in [0.25, 0.3) is 0 Å². The molecule has 0 amide bonds. The van der Waals surface area contributed by atoms with E-state index in [2.05, 4.69) is 22.5 Å². The Bertz CT molecular complexity index is 609. The number of aliphatic imine (C=N–C) groups is 1. The molecule has 0 unspecified atom stereocenters. The predicted molar refractivity (Wildman–Crippen MR) is 124 cm³/mol. The van der Waals surface area contributed by atoms with Crippen LogP contribution in [0.5, 0.6) is 11.5 Å². The molecule has 28 heavy (non-hydrogen) atoms. The third-order valence-corrected chi connectivity index (χ3v) is 4.61. The fourth-order valence-electron chi connectivity index (χ4n) is 3.15. The maximum absolute atomic E-state index is 5.76. The Hall–Kier alpha value is -1.26. The summed E-state index contributed by atoms with van der Waals surface area (Å²) < 4.78 is 16.8. The van der Waals surface area contributed by atoms with Gasteiger partial charge in [0.15, 0.2) is 17.5 Å². The van der Waals surface area contributed by atoms with Crippen LogP contribution < -0.4 is 20.1 Å². The Morgan fingerprint density at radius 2 is 1.86 bits per heavy atom. The summed E-state index contributed by atoms with van der Waals surface area (Å²) in [6.45, 7) is 10.1. The first-order chi connectivity index (χ1) is 13.3. The number of hydrogen-bond acceptors (Lipinski definition) is 5. The van der Waals surface area contributed by atoms with E-state index in [4.69, 9.17) is 19.2 Å². The van der Waals surface area contributed by atoms with Gasteiger partial charge in [-0.05, 0) is 38.4 Å². The number of nitrogens with zero attached hydrogens (tertiary/aromatic N) is 2. The SMILES string of the molecule is CCNC(=NCCCCN1CCOCC1)Nc1ccc2c(c1)OCCCO2.I. The molecular weight excluding hydrogens is 471 g/mol. The summed E-state index contributed by atoms with van der Waals surface area (Å²) in [5.41, 5.74) is 0.951. The summed E-state index contributed by atoms with van der Waals surface area (Å²) in [5, 5.41) is 6.67. The Kier molecular flexibility index (Phi) is 10.7. The van der Waals surface area contributed by atoms with Crippen LogP contribution >= 0.6 is 24.0 Å². The van der Waals surface area contributed by atoms with Crippen molar-refractivity contribution in [1.29, 1.82) is 0 Å². The van der Waals surface area contributed by atoms with E-state index in [1.807, 2.05) is 18.2 Å². The average Bonchev–Trinajstić information content (AvgIpc) is 2.93. The van der Waals surface area contributed by atoms with E-state index < -0.39 is 0 Å². The Morgan fingerprint density at radius 1 is 1.07 bits per heavy atom. The molecule has 158 valence electrons. The second-order valence-corrected chi connectivity index (χ2v) is 6.76. The van der Waals surface area contributed by atoms with Crippen molar-refractivity contribution in [2.45, 2.75) is 26.2 Å². The van der Waals surface area contributed by atoms with Gasteiger partial charge in [-0.1, -0.05) is 0 Å². The van der Waals surface area contributed by atoms with E-state index in [1.165, 1.54) is 0 Å². The standard InChI is InChI=1S/C20H32N4O3.HI/c1-2-21-20(22-8-3-4-9-24-10-14-25-15-11-24)23-17-6-7-18-19(16-17)27-13-5-12-26-18;/h6-7,16H,2-5,8-15H2,1H3,(H2,21,22,23);1H. The molecule has 0 aromatic heterocycles. The smallest absolute Gasteiger partial charge is 0.195 e. The number of nitrogens with one attached hydrogen (secondary N) is 2. The highest BCUT2D eigenvalue weighted by Crippen LogP contribution is 2.32. The van der Waals surface area contributed by atoms with Crippen molar-refractivity contribution >= 4 is 35.6 Å². The van der Waals surface area contributed by atoms with Crippen molar-refractivity contribution in [3.63, 3.8) is 0 Å². The van der Waals surface area contributed by atoms with Gasteiger partial charge in [-0.3, -0.25) is 9.89 Å². The van der Waals surface area contributed by atoms with Gasteiger partial charge in [0.25, 0.3) is 0 Å². The van der Waals surface area contributed by atoms with Crippen LogP contribution in [0.15, 0.2) is 23.2 Å². The lowest BCUT2D eigenvalue weighted by Gasteiger charge is -2.26. The van der Waals surface area contributed by atoms with Crippen LogP contribution in [0.3, 0.4) is 0 Å². The molecule has 0 aliphatic carbocycles. The summed E-state index contributed by atoms with van der Waals surface area (Å²) in [4.78, 5) is 7.17. The molecule has 1 aromatic rings.